The molecule has 0 unspecified atom stereocenters. The summed E-state index contributed by atoms with van der Waals surface area (Å²) in [4.78, 5) is 60.0. The molecule has 0 aromatic rings. The monoisotopic (exact) mass is 537 g/mol. The van der Waals surface area contributed by atoms with E-state index in [-0.39, 0.29) is 88.7 Å². The molecule has 0 heterocycles. The summed E-state index contributed by atoms with van der Waals surface area (Å²) in [6.07, 6.45) is 3.87. The number of aliphatic hydroxyl groups excluding tert-OH is 1. The van der Waals surface area contributed by atoms with Gasteiger partial charge in [0.2, 0.25) is 0 Å². The minimum atomic E-state index is -0.216. The first-order valence-corrected chi connectivity index (χ1v) is 9.67. The van der Waals surface area contributed by atoms with Crippen LogP contribution in [0.15, 0.2) is 0 Å². The molecule has 10 nitrogen and oxygen atoms in total. The van der Waals surface area contributed by atoms with E-state index in [1.54, 1.807) is 34.6 Å². The molecule has 11 heteroatoms. The zero-order chi connectivity index (χ0) is 24.9. The Bertz CT molecular complexity index is 403. The van der Waals surface area contributed by atoms with Crippen LogP contribution in [-0.4, -0.2) is 87.1 Å². The van der Waals surface area contributed by atoms with E-state index in [2.05, 4.69) is 0 Å². The standard InChI is InChI=1S/3C6H9O3.C3H8O.Zr/c3*1-2-9-5-6(8)3-4-7;1-3(2)4;/h3*2-3,5H2,1H3;3-4H,1-2H3;/q3*-1;;+3. The van der Waals surface area contributed by atoms with Gasteiger partial charge in [0.05, 0.1) is 0 Å². The summed E-state index contributed by atoms with van der Waals surface area (Å²) in [5, 5.41) is 8.06. The molecular weight excluding hydrogens is 503 g/mol. The van der Waals surface area contributed by atoms with E-state index in [0.717, 1.165) is 0 Å². The minimum absolute atomic E-state index is 0. The van der Waals surface area contributed by atoms with Gasteiger partial charge in [-0.1, -0.05) is 19.3 Å². The summed E-state index contributed by atoms with van der Waals surface area (Å²) in [5.41, 5.74) is 0. The summed E-state index contributed by atoms with van der Waals surface area (Å²) in [6.45, 7) is 10.4. The second kappa shape index (κ2) is 37.1. The van der Waals surface area contributed by atoms with Crippen molar-refractivity contribution in [1.29, 1.82) is 0 Å². The summed E-state index contributed by atoms with van der Waals surface area (Å²) >= 11 is 0. The molecule has 0 saturated carbocycles. The van der Waals surface area contributed by atoms with Crippen LogP contribution in [0.1, 0.15) is 53.9 Å². The molecule has 0 amide bonds. The van der Waals surface area contributed by atoms with Gasteiger partial charge in [-0.2, -0.15) is 0 Å². The van der Waals surface area contributed by atoms with E-state index in [1.807, 2.05) is 0 Å². The van der Waals surface area contributed by atoms with Gasteiger partial charge in [-0.05, 0) is 34.6 Å². The van der Waals surface area contributed by atoms with Gasteiger partial charge in [0.1, 0.15) is 37.2 Å². The van der Waals surface area contributed by atoms with E-state index >= 15 is 0 Å². The molecule has 1 N–H and O–H groups in total. The van der Waals surface area contributed by atoms with Crippen molar-refractivity contribution < 1.29 is 74.3 Å². The van der Waals surface area contributed by atoms with Crippen molar-refractivity contribution in [2.45, 2.75) is 60.0 Å². The van der Waals surface area contributed by atoms with Gasteiger partial charge in [-0.15, -0.1) is 0 Å². The second-order valence-corrected chi connectivity index (χ2v) is 5.58. The number of carbonyl (C=O) groups excluding carboxylic acids is 6. The number of aliphatic hydroxyl groups is 1. The number of carbonyl (C=O) groups is 3. The number of ether oxygens (including phenoxy) is 3. The SMILES string of the molecule is CC(C)O.CCOCC(=O)C[C-]=O.CCOCC(=O)C[C-]=O.CCOCC(=O)C[C-]=O.[Zr+3]. The third kappa shape index (κ3) is 56.8. The molecule has 0 fully saturated rings. The Labute approximate surface area is 209 Å². The van der Waals surface area contributed by atoms with E-state index in [1.165, 1.54) is 18.9 Å². The van der Waals surface area contributed by atoms with Gasteiger partial charge in [0, 0.05) is 25.9 Å². The van der Waals surface area contributed by atoms with Crippen molar-refractivity contribution in [2.75, 3.05) is 39.6 Å². The van der Waals surface area contributed by atoms with Gasteiger partial charge in [0.25, 0.3) is 0 Å². The quantitative estimate of drug-likeness (QED) is 0.233. The molecule has 0 aliphatic rings. The third-order valence-corrected chi connectivity index (χ3v) is 2.21. The number of rotatable bonds is 15. The van der Waals surface area contributed by atoms with Crippen LogP contribution in [-0.2, 0) is 69.2 Å². The normalized spacial score (nSPS) is 8.72. The average molecular weight is 539 g/mol. The van der Waals surface area contributed by atoms with Gasteiger partial charge >= 0.3 is 26.2 Å². The Morgan fingerprint density at radius 2 is 0.844 bits per heavy atom. The van der Waals surface area contributed by atoms with Crippen molar-refractivity contribution >= 4 is 36.2 Å². The number of ketones is 3. The summed E-state index contributed by atoms with van der Waals surface area (Å²) in [7, 11) is 0. The molecule has 32 heavy (non-hydrogen) atoms. The van der Waals surface area contributed by atoms with Crippen molar-refractivity contribution in [1.82, 2.24) is 0 Å². The Kier molecular flexibility index (Phi) is 47.6. The van der Waals surface area contributed by atoms with Crippen molar-refractivity contribution in [3.8, 4) is 0 Å². The van der Waals surface area contributed by atoms with Gasteiger partial charge < -0.3 is 33.7 Å². The first-order valence-electron chi connectivity index (χ1n) is 9.67. The molecule has 0 aliphatic carbocycles. The topological polar surface area (TPSA) is 150 Å². The Balaban J connectivity index is -0.000000104. The zero-order valence-corrected chi connectivity index (χ0v) is 22.0. The molecule has 0 aliphatic heterocycles. The van der Waals surface area contributed by atoms with Crippen molar-refractivity contribution in [3.05, 3.63) is 0 Å². The van der Waals surface area contributed by atoms with Crippen molar-refractivity contribution in [2.24, 2.45) is 0 Å². The van der Waals surface area contributed by atoms with Crippen LogP contribution in [0.25, 0.3) is 0 Å². The molecule has 0 saturated heterocycles. The molecule has 0 rings (SSSR count). The van der Waals surface area contributed by atoms with E-state index in [9.17, 15) is 28.8 Å². The van der Waals surface area contributed by atoms with Gasteiger partial charge in [-0.3, -0.25) is 33.2 Å². The van der Waals surface area contributed by atoms with E-state index < -0.39 is 0 Å². The maximum atomic E-state index is 10.4. The Morgan fingerprint density at radius 1 is 0.656 bits per heavy atom. The van der Waals surface area contributed by atoms with Crippen LogP contribution < -0.4 is 0 Å². The van der Waals surface area contributed by atoms with E-state index in [0.29, 0.717) is 19.8 Å². The van der Waals surface area contributed by atoms with Crippen LogP contribution >= 0.6 is 0 Å². The number of hydrogen-bond acceptors (Lipinski definition) is 10. The van der Waals surface area contributed by atoms with Crippen molar-refractivity contribution in [3.63, 3.8) is 0 Å². The van der Waals surface area contributed by atoms with Crippen LogP contribution in [0.4, 0.5) is 0 Å². The number of hydrogen-bond donors (Lipinski definition) is 1. The van der Waals surface area contributed by atoms with Gasteiger partial charge in [0.15, 0.2) is 0 Å². The predicted molar refractivity (Wildman–Crippen MR) is 113 cm³/mol. The largest absolute Gasteiger partial charge is 3.00 e. The minimum Gasteiger partial charge on any atom is -0.541 e. The molecule has 0 spiro atoms. The fourth-order valence-electron chi connectivity index (χ4n) is 1.04. The first-order chi connectivity index (χ1) is 14.7. The Hall–Kier alpha value is -1.26. The summed E-state index contributed by atoms with van der Waals surface area (Å²) < 4.78 is 14.2. The summed E-state index contributed by atoms with van der Waals surface area (Å²) in [5.74, 6) is -0.648. The van der Waals surface area contributed by atoms with Gasteiger partial charge in [-0.25, -0.2) is 0 Å². The second-order valence-electron chi connectivity index (χ2n) is 5.58. The molecule has 183 valence electrons. The predicted octanol–water partition coefficient (Wildman–Crippen LogP) is 0.660. The molecule has 0 aromatic carbocycles. The molecule has 0 bridgehead atoms. The van der Waals surface area contributed by atoms with Crippen LogP contribution in [0.3, 0.4) is 0 Å². The maximum absolute atomic E-state index is 10.4. The zero-order valence-electron chi connectivity index (χ0n) is 19.6. The van der Waals surface area contributed by atoms with Crippen LogP contribution in [0.2, 0.25) is 0 Å². The smallest absolute Gasteiger partial charge is 0.541 e. The number of Topliss-reactive ketones (excluding diaryl/α,β-unsaturated/α-hetero) is 3. The molecule has 0 atom stereocenters. The Morgan fingerprint density at radius 3 is 0.969 bits per heavy atom. The van der Waals surface area contributed by atoms with Crippen LogP contribution in [0.5, 0.6) is 0 Å². The summed E-state index contributed by atoms with van der Waals surface area (Å²) in [6, 6.07) is 0. The van der Waals surface area contributed by atoms with E-state index in [4.69, 9.17) is 19.3 Å². The molecule has 0 aromatic heterocycles. The third-order valence-electron chi connectivity index (χ3n) is 2.21. The maximum Gasteiger partial charge on any atom is 3.00 e. The molecular formula is C21H35O10Zr. The average Bonchev–Trinajstić information content (AvgIpc) is 2.70. The fraction of sp³-hybridized carbons (Fsp3) is 0.714. The fourth-order valence-corrected chi connectivity index (χ4v) is 1.04. The van der Waals surface area contributed by atoms with Crippen LogP contribution in [0, 0.1) is 0 Å². The first kappa shape index (κ1) is 41.0. The molecule has 1 radical (unpaired) electrons.